The van der Waals surface area contributed by atoms with Crippen LogP contribution in [0.4, 0.5) is 0 Å². The normalized spacial score (nSPS) is 13.1. The number of hydrogen-bond donors (Lipinski definition) is 3. The number of amides is 1. The highest BCUT2D eigenvalue weighted by molar-refractivity contribution is 5.77. The summed E-state index contributed by atoms with van der Waals surface area (Å²) in [5.41, 5.74) is 0. The predicted octanol–water partition coefficient (Wildman–Crippen LogP) is 18.5. The number of unbranched alkanes of at least 4 members (excludes halogenated alkanes) is 41. The van der Waals surface area contributed by atoms with Crippen molar-refractivity contribution in [3.05, 3.63) is 12.2 Å². The Kier molecular flexibility index (Phi) is 53.4. The monoisotopic (exact) mass is 932 g/mol. The number of esters is 1. The maximum atomic E-state index is 13.3. The van der Waals surface area contributed by atoms with Gasteiger partial charge in [-0.05, 0) is 51.4 Å². The summed E-state index contributed by atoms with van der Waals surface area (Å²) in [6.45, 7) is 6.53. The van der Waals surface area contributed by atoms with Crippen LogP contribution in [-0.4, -0.2) is 46.9 Å². The largest absolute Gasteiger partial charge is 0.462 e. The Hall–Kier alpha value is -1.40. The fraction of sp³-hybridized carbons (Fsp3) is 0.933. The summed E-state index contributed by atoms with van der Waals surface area (Å²) < 4.78 is 5.97. The lowest BCUT2D eigenvalue weighted by atomic mass is 10.0. The Bertz CT molecular complexity index is 1000. The van der Waals surface area contributed by atoms with Crippen LogP contribution < -0.4 is 5.32 Å². The van der Waals surface area contributed by atoms with Gasteiger partial charge in [0, 0.05) is 6.42 Å². The summed E-state index contributed by atoms with van der Waals surface area (Å²) in [5, 5.41) is 23.9. The second-order valence-electron chi connectivity index (χ2n) is 20.8. The highest BCUT2D eigenvalue weighted by Gasteiger charge is 2.24. The molecule has 66 heavy (non-hydrogen) atoms. The van der Waals surface area contributed by atoms with E-state index in [1.807, 2.05) is 0 Å². The molecule has 3 unspecified atom stereocenters. The Morgan fingerprint density at radius 3 is 1.08 bits per heavy atom. The van der Waals surface area contributed by atoms with Gasteiger partial charge in [0.15, 0.2) is 0 Å². The van der Waals surface area contributed by atoms with Gasteiger partial charge in [-0.15, -0.1) is 0 Å². The summed E-state index contributed by atoms with van der Waals surface area (Å²) in [6, 6.07) is -0.697. The summed E-state index contributed by atoms with van der Waals surface area (Å²) in [7, 11) is 0. The maximum absolute atomic E-state index is 13.3. The summed E-state index contributed by atoms with van der Waals surface area (Å²) in [6.07, 6.45) is 62.8. The number of nitrogens with one attached hydrogen (secondary N) is 1. The Morgan fingerprint density at radius 1 is 0.424 bits per heavy atom. The van der Waals surface area contributed by atoms with Crippen LogP contribution in [0, 0.1) is 0 Å². The molecule has 0 heterocycles. The van der Waals surface area contributed by atoms with Crippen LogP contribution in [0.15, 0.2) is 12.2 Å². The van der Waals surface area contributed by atoms with Gasteiger partial charge in [0.05, 0.1) is 25.2 Å². The van der Waals surface area contributed by atoms with E-state index < -0.39 is 18.2 Å². The Labute approximate surface area is 412 Å². The van der Waals surface area contributed by atoms with Crippen LogP contribution in [0.1, 0.15) is 335 Å². The SMILES string of the molecule is CCCCCCCCCCC/C=C/CCCCCCCC(=O)OC(CCCCCCCCCCCCCCC)CC(=O)NC(CO)C(O)CCCCCCCCCCCCCCCCCC. The average molecular weight is 933 g/mol. The van der Waals surface area contributed by atoms with E-state index in [1.54, 1.807) is 0 Å². The predicted molar refractivity (Wildman–Crippen MR) is 287 cm³/mol. The molecular weight excluding hydrogens is 815 g/mol. The minimum absolute atomic E-state index is 0.0822. The molecule has 3 N–H and O–H groups in total. The summed E-state index contributed by atoms with van der Waals surface area (Å²) in [4.78, 5) is 26.3. The highest BCUT2D eigenvalue weighted by atomic mass is 16.5. The highest BCUT2D eigenvalue weighted by Crippen LogP contribution is 2.19. The molecule has 0 aliphatic rings. The molecule has 0 aliphatic carbocycles. The van der Waals surface area contributed by atoms with Crippen LogP contribution in [-0.2, 0) is 14.3 Å². The van der Waals surface area contributed by atoms with E-state index >= 15 is 0 Å². The fourth-order valence-electron chi connectivity index (χ4n) is 9.55. The first-order chi connectivity index (χ1) is 32.5. The topological polar surface area (TPSA) is 95.9 Å². The first-order valence-corrected chi connectivity index (χ1v) is 29.9. The average Bonchev–Trinajstić information content (AvgIpc) is 3.31. The van der Waals surface area contributed by atoms with Crippen LogP contribution in [0.3, 0.4) is 0 Å². The van der Waals surface area contributed by atoms with Gasteiger partial charge in [0.25, 0.3) is 0 Å². The van der Waals surface area contributed by atoms with Crippen molar-refractivity contribution in [3.8, 4) is 0 Å². The lowest BCUT2D eigenvalue weighted by Crippen LogP contribution is -2.46. The molecule has 0 fully saturated rings. The van der Waals surface area contributed by atoms with Crippen LogP contribution in [0.2, 0.25) is 0 Å². The smallest absolute Gasteiger partial charge is 0.306 e. The number of aliphatic hydroxyl groups is 2. The molecule has 0 bridgehead atoms. The molecule has 0 saturated carbocycles. The number of hydrogen-bond acceptors (Lipinski definition) is 5. The van der Waals surface area contributed by atoms with E-state index in [9.17, 15) is 19.8 Å². The summed E-state index contributed by atoms with van der Waals surface area (Å²) in [5.74, 6) is -0.459. The number of carbonyl (C=O) groups is 2. The first-order valence-electron chi connectivity index (χ1n) is 29.9. The fourth-order valence-corrected chi connectivity index (χ4v) is 9.55. The third-order valence-electron chi connectivity index (χ3n) is 14.1. The molecule has 6 nitrogen and oxygen atoms in total. The molecule has 0 radical (unpaired) electrons. The second-order valence-corrected chi connectivity index (χ2v) is 20.8. The molecule has 0 saturated heterocycles. The zero-order valence-electron chi connectivity index (χ0n) is 44.9. The molecule has 0 spiro atoms. The van der Waals surface area contributed by atoms with Crippen molar-refractivity contribution in [1.29, 1.82) is 0 Å². The molecule has 0 aliphatic heterocycles. The molecule has 3 atom stereocenters. The lowest BCUT2D eigenvalue weighted by Gasteiger charge is -2.24. The molecular formula is C60H117NO5. The third-order valence-corrected chi connectivity index (χ3v) is 14.1. The molecule has 392 valence electrons. The quantitative estimate of drug-likeness (QED) is 0.0321. The zero-order chi connectivity index (χ0) is 48.1. The van der Waals surface area contributed by atoms with Crippen molar-refractivity contribution in [3.63, 3.8) is 0 Å². The minimum atomic E-state index is -0.784. The van der Waals surface area contributed by atoms with E-state index in [0.717, 1.165) is 51.4 Å². The molecule has 1 amide bonds. The second kappa shape index (κ2) is 54.5. The van der Waals surface area contributed by atoms with Gasteiger partial charge in [0.2, 0.25) is 5.91 Å². The van der Waals surface area contributed by atoms with Crippen LogP contribution in [0.25, 0.3) is 0 Å². The van der Waals surface area contributed by atoms with Crippen molar-refractivity contribution in [2.24, 2.45) is 0 Å². The number of aliphatic hydroxyl groups excluding tert-OH is 2. The van der Waals surface area contributed by atoms with Crippen molar-refractivity contribution in [2.75, 3.05) is 6.61 Å². The van der Waals surface area contributed by atoms with E-state index in [0.29, 0.717) is 19.3 Å². The number of carbonyl (C=O) groups excluding carboxylic acids is 2. The van der Waals surface area contributed by atoms with Gasteiger partial charge in [-0.2, -0.15) is 0 Å². The van der Waals surface area contributed by atoms with Gasteiger partial charge in [-0.25, -0.2) is 0 Å². The van der Waals surface area contributed by atoms with Crippen molar-refractivity contribution < 1.29 is 24.5 Å². The summed E-state index contributed by atoms with van der Waals surface area (Å²) >= 11 is 0. The van der Waals surface area contributed by atoms with E-state index in [-0.39, 0.29) is 24.9 Å². The minimum Gasteiger partial charge on any atom is -0.462 e. The Morgan fingerprint density at radius 2 is 0.727 bits per heavy atom. The van der Waals surface area contributed by atoms with Crippen molar-refractivity contribution >= 4 is 11.9 Å². The van der Waals surface area contributed by atoms with E-state index in [1.165, 1.54) is 238 Å². The van der Waals surface area contributed by atoms with Crippen molar-refractivity contribution in [2.45, 2.75) is 354 Å². The lowest BCUT2D eigenvalue weighted by molar-refractivity contribution is -0.151. The zero-order valence-corrected chi connectivity index (χ0v) is 44.9. The van der Waals surface area contributed by atoms with Gasteiger partial charge in [-0.3, -0.25) is 9.59 Å². The van der Waals surface area contributed by atoms with Crippen LogP contribution >= 0.6 is 0 Å². The van der Waals surface area contributed by atoms with Gasteiger partial charge in [-0.1, -0.05) is 283 Å². The van der Waals surface area contributed by atoms with Crippen LogP contribution in [0.5, 0.6) is 0 Å². The van der Waals surface area contributed by atoms with Gasteiger partial charge in [0.1, 0.15) is 6.10 Å². The maximum Gasteiger partial charge on any atom is 0.306 e. The van der Waals surface area contributed by atoms with Crippen molar-refractivity contribution in [1.82, 2.24) is 5.32 Å². The number of rotatable bonds is 55. The molecule has 0 aromatic carbocycles. The van der Waals surface area contributed by atoms with Gasteiger partial charge >= 0.3 is 5.97 Å². The number of ether oxygens (including phenoxy) is 1. The first kappa shape index (κ1) is 64.6. The standard InChI is InChI=1S/C60H117NO5/c1-4-7-10-13-16-19-22-25-27-29-30-32-35-38-41-44-47-50-53-60(65)66-56(51-48-45-42-39-36-33-24-21-18-15-12-9-6-3)54-59(64)61-57(55-62)58(63)52-49-46-43-40-37-34-31-28-26-23-20-17-14-11-8-5-2/h30,32,56-58,62-63H,4-29,31,33-55H2,1-3H3,(H,61,64)/b32-30+. The van der Waals surface area contributed by atoms with E-state index in [2.05, 4.69) is 38.2 Å². The third kappa shape index (κ3) is 49.0. The number of allylic oxidation sites excluding steroid dienone is 2. The molecule has 0 aromatic heterocycles. The Balaban J connectivity index is 4.47. The van der Waals surface area contributed by atoms with Gasteiger partial charge < -0.3 is 20.3 Å². The molecule has 0 rings (SSSR count). The molecule has 0 aromatic rings. The molecule has 6 heteroatoms. The van der Waals surface area contributed by atoms with E-state index in [4.69, 9.17) is 4.74 Å².